The summed E-state index contributed by atoms with van der Waals surface area (Å²) in [5, 5.41) is 16.9. The zero-order valence-corrected chi connectivity index (χ0v) is 10.6. The van der Waals surface area contributed by atoms with Gasteiger partial charge in [-0.25, -0.2) is 4.67 Å². The van der Waals surface area contributed by atoms with Gasteiger partial charge in [-0.1, -0.05) is 0 Å². The lowest BCUT2D eigenvalue weighted by Crippen LogP contribution is -2.40. The molecule has 0 aromatic rings. The Hall–Kier alpha value is -0.590. The van der Waals surface area contributed by atoms with Crippen molar-refractivity contribution >= 4 is 14.2 Å². The number of hydrogen-bond acceptors (Lipinski definition) is 5. The van der Waals surface area contributed by atoms with Gasteiger partial charge in [0.05, 0.1) is 33.6 Å². The van der Waals surface area contributed by atoms with E-state index in [2.05, 4.69) is 25.7 Å². The number of nitrogens with zero attached hydrogens (tertiary/aromatic N) is 1. The van der Waals surface area contributed by atoms with E-state index in [0.29, 0.717) is 6.42 Å². The molecule has 1 unspecified atom stereocenters. The van der Waals surface area contributed by atoms with Gasteiger partial charge in [0.25, 0.3) is 0 Å². The van der Waals surface area contributed by atoms with Crippen LogP contribution in [0.3, 0.4) is 0 Å². The standard InChI is InChI=1S/C8H17NO2.HO4P.H2/c1-4-9(2,3)7-5-6-8(10)11;1-4-5(2)3;/h4-7H2,1-3H3;1H;1H. The molecule has 0 aromatic heterocycles. The van der Waals surface area contributed by atoms with Gasteiger partial charge in [-0.3, -0.25) is 4.79 Å². The molecule has 0 amide bonds. The van der Waals surface area contributed by atoms with Crippen LogP contribution in [-0.2, 0) is 14.0 Å². The molecule has 8 heteroatoms. The average Bonchev–Trinajstić information content (AvgIpc) is 2.18. The van der Waals surface area contributed by atoms with Crippen molar-refractivity contribution in [1.82, 2.24) is 0 Å². The van der Waals surface area contributed by atoms with E-state index in [1.807, 2.05) is 0 Å². The minimum Gasteiger partial charge on any atom is -0.674 e. The number of rotatable bonds is 6. The van der Waals surface area contributed by atoms with Crippen molar-refractivity contribution in [3.63, 3.8) is 0 Å². The lowest BCUT2D eigenvalue weighted by Gasteiger charge is -2.27. The maximum Gasteiger partial charge on any atom is 0.479 e. The molecule has 0 fully saturated rings. The fraction of sp³-hybridized carbons (Fsp3) is 0.875. The zero-order valence-electron chi connectivity index (χ0n) is 9.71. The van der Waals surface area contributed by atoms with Crippen molar-refractivity contribution in [1.29, 1.82) is 0 Å². The van der Waals surface area contributed by atoms with E-state index in [0.717, 1.165) is 24.0 Å². The highest BCUT2D eigenvalue weighted by atomic mass is 31.1. The Morgan fingerprint density at radius 1 is 1.56 bits per heavy atom. The number of carbonyl (C=O) groups is 1. The topological polar surface area (TPSA) is 110 Å². The summed E-state index contributed by atoms with van der Waals surface area (Å²) in [7, 11) is 1.07. The van der Waals surface area contributed by atoms with Crippen LogP contribution in [0.25, 0.3) is 0 Å². The van der Waals surface area contributed by atoms with Crippen LogP contribution in [-0.4, -0.2) is 42.7 Å². The van der Waals surface area contributed by atoms with Gasteiger partial charge in [0.2, 0.25) is 0 Å². The Labute approximate surface area is 97.2 Å². The van der Waals surface area contributed by atoms with E-state index in [9.17, 15) is 4.79 Å². The molecular weight excluding hydrogens is 237 g/mol. The molecule has 0 heterocycles. The number of carboxylic acids is 1. The van der Waals surface area contributed by atoms with Crippen molar-refractivity contribution in [2.75, 3.05) is 27.2 Å². The van der Waals surface area contributed by atoms with Crippen LogP contribution >= 0.6 is 8.25 Å². The van der Waals surface area contributed by atoms with Crippen LogP contribution in [0.1, 0.15) is 21.2 Å². The first kappa shape index (κ1) is 17.8. The van der Waals surface area contributed by atoms with E-state index in [4.69, 9.17) is 19.8 Å². The van der Waals surface area contributed by atoms with Gasteiger partial charge in [0, 0.05) is 7.85 Å². The third kappa shape index (κ3) is 15.9. The van der Waals surface area contributed by atoms with Crippen molar-refractivity contribution in [3.8, 4) is 0 Å². The third-order valence-corrected chi connectivity index (χ3v) is 2.19. The second-order valence-corrected chi connectivity index (χ2v) is 4.37. The van der Waals surface area contributed by atoms with Gasteiger partial charge in [0.1, 0.15) is 0 Å². The normalized spacial score (nSPS) is 11.4. The van der Waals surface area contributed by atoms with Crippen molar-refractivity contribution in [3.05, 3.63) is 0 Å². The monoisotopic (exact) mass is 257 g/mol. The highest BCUT2D eigenvalue weighted by molar-refractivity contribution is 7.30. The molecule has 7 nitrogen and oxygen atoms in total. The van der Waals surface area contributed by atoms with Crippen molar-refractivity contribution < 1.29 is 35.2 Å². The fourth-order valence-electron chi connectivity index (χ4n) is 0.816. The van der Waals surface area contributed by atoms with Crippen LogP contribution in [0.15, 0.2) is 0 Å². The Morgan fingerprint density at radius 2 is 2.00 bits per heavy atom. The minimum atomic E-state index is -3.15. The average molecular weight is 257 g/mol. The van der Waals surface area contributed by atoms with Gasteiger partial charge in [-0.2, -0.15) is 0 Å². The summed E-state index contributed by atoms with van der Waals surface area (Å²) in [5.41, 5.74) is 0. The molecule has 0 rings (SSSR count). The predicted molar refractivity (Wildman–Crippen MR) is 55.2 cm³/mol. The second kappa shape index (κ2) is 9.62. The highest BCUT2D eigenvalue weighted by Crippen LogP contribution is 2.00. The summed E-state index contributed by atoms with van der Waals surface area (Å²) in [6.45, 7) is 4.11. The summed E-state index contributed by atoms with van der Waals surface area (Å²) in [6.07, 6.45) is 1.07. The first-order valence-electron chi connectivity index (χ1n) is 4.73. The lowest BCUT2D eigenvalue weighted by atomic mass is 10.3. The quantitative estimate of drug-likeness (QED) is 0.297. The van der Waals surface area contributed by atoms with E-state index < -0.39 is 14.2 Å². The predicted octanol–water partition coefficient (Wildman–Crippen LogP) is -0.510. The molecule has 1 N–H and O–H groups in total. The third-order valence-electron chi connectivity index (χ3n) is 2.07. The van der Waals surface area contributed by atoms with Gasteiger partial charge in [-0.15, -0.1) is 0 Å². The van der Waals surface area contributed by atoms with Crippen molar-refractivity contribution in [2.24, 2.45) is 0 Å². The van der Waals surface area contributed by atoms with Crippen LogP contribution in [0.5, 0.6) is 0 Å². The molecule has 1 atom stereocenters. The van der Waals surface area contributed by atoms with Crippen LogP contribution in [0.2, 0.25) is 0 Å². The number of aliphatic carboxylic acids is 1. The smallest absolute Gasteiger partial charge is 0.479 e. The number of hydrogen-bond donors (Lipinski definition) is 1. The Balaban J connectivity index is -0.000000280. The fourth-order valence-corrected chi connectivity index (χ4v) is 0.816. The Bertz CT molecular complexity index is 226. The van der Waals surface area contributed by atoms with E-state index in [1.165, 1.54) is 0 Å². The van der Waals surface area contributed by atoms with Gasteiger partial charge in [0.15, 0.2) is 0 Å². The number of carboxylic acid groups (broad SMARTS) is 1. The Kier molecular flexibility index (Phi) is 10.7. The molecule has 98 valence electrons. The molecule has 0 radical (unpaired) electrons. The summed E-state index contributed by atoms with van der Waals surface area (Å²) < 4.78 is 12.2. The molecular formula is C8H20NO6P. The summed E-state index contributed by atoms with van der Waals surface area (Å²) in [6, 6.07) is 0. The first-order valence-corrected chi connectivity index (χ1v) is 5.83. The van der Waals surface area contributed by atoms with Crippen LogP contribution < -0.4 is 10.2 Å². The molecule has 0 saturated carbocycles. The van der Waals surface area contributed by atoms with Crippen LogP contribution in [0.4, 0.5) is 0 Å². The summed E-state index contributed by atoms with van der Waals surface area (Å²) >= 11 is 0. The van der Waals surface area contributed by atoms with E-state index in [1.54, 1.807) is 0 Å². The SMILES string of the molecule is CC[N+](C)(C)CCCC(=O)O.O=[P+]([O-])O[O-].[HH]. The maximum absolute atomic E-state index is 10.2. The molecule has 0 aliphatic rings. The van der Waals surface area contributed by atoms with Crippen molar-refractivity contribution in [2.45, 2.75) is 19.8 Å². The summed E-state index contributed by atoms with van der Waals surface area (Å²) in [4.78, 5) is 19.0. The molecule has 0 aromatic carbocycles. The van der Waals surface area contributed by atoms with Gasteiger partial charge < -0.3 is 19.7 Å². The lowest BCUT2D eigenvalue weighted by molar-refractivity contribution is -0.888. The Morgan fingerprint density at radius 3 is 2.25 bits per heavy atom. The minimum absolute atomic E-state index is 0. The summed E-state index contributed by atoms with van der Waals surface area (Å²) in [5.74, 6) is -0.693. The molecule has 0 bridgehead atoms. The second-order valence-electron chi connectivity index (χ2n) is 3.77. The van der Waals surface area contributed by atoms with E-state index in [-0.39, 0.29) is 1.43 Å². The molecule has 0 saturated heterocycles. The number of quaternary nitrogens is 1. The molecule has 0 aliphatic heterocycles. The largest absolute Gasteiger partial charge is 0.674 e. The van der Waals surface area contributed by atoms with E-state index >= 15 is 0 Å². The van der Waals surface area contributed by atoms with Gasteiger partial charge >= 0.3 is 14.2 Å². The zero-order chi connectivity index (χ0) is 13.2. The molecule has 0 spiro atoms. The first-order chi connectivity index (χ1) is 7.25. The molecule has 0 aliphatic carbocycles. The molecule has 16 heavy (non-hydrogen) atoms. The van der Waals surface area contributed by atoms with Gasteiger partial charge in [-0.05, 0) is 11.5 Å². The van der Waals surface area contributed by atoms with Crippen LogP contribution in [0, 0.1) is 0 Å². The highest BCUT2D eigenvalue weighted by Gasteiger charge is 2.11. The maximum atomic E-state index is 10.2.